The molecule has 0 unspecified atom stereocenters. The van der Waals surface area contributed by atoms with Gasteiger partial charge >= 0.3 is 11.8 Å². The van der Waals surface area contributed by atoms with Crippen LogP contribution in [0.15, 0.2) is 56.2 Å². The Kier molecular flexibility index (Phi) is 9.87. The molecule has 41 heavy (non-hydrogen) atoms. The second kappa shape index (κ2) is 13.7. The molecule has 0 aliphatic carbocycles. The SMILES string of the molecule is [C-]#[N+]c1cnc2c(c1)c(C(=O)C[C@H](C)CC(=O)OCc1oc(=O)oc1C)c(CCCCOCc1ccccc1)n2C. The van der Waals surface area contributed by atoms with Gasteiger partial charge in [0.15, 0.2) is 23.9 Å². The lowest BCUT2D eigenvalue weighted by molar-refractivity contribution is -0.146. The van der Waals surface area contributed by atoms with Gasteiger partial charge in [-0.2, -0.15) is 0 Å². The molecule has 0 radical (unpaired) electrons. The molecule has 4 rings (SSSR count). The van der Waals surface area contributed by atoms with Gasteiger partial charge in [-0.1, -0.05) is 37.3 Å². The largest absolute Gasteiger partial charge is 0.519 e. The van der Waals surface area contributed by atoms with Gasteiger partial charge in [0.2, 0.25) is 5.69 Å². The van der Waals surface area contributed by atoms with E-state index in [1.54, 1.807) is 19.9 Å². The van der Waals surface area contributed by atoms with Crippen molar-refractivity contribution in [3.63, 3.8) is 0 Å². The second-order valence-electron chi connectivity index (χ2n) is 10.1. The Bertz CT molecular complexity index is 1610. The Labute approximate surface area is 237 Å². The fourth-order valence-corrected chi connectivity index (χ4v) is 4.76. The van der Waals surface area contributed by atoms with Gasteiger partial charge in [-0.05, 0) is 43.7 Å². The highest BCUT2D eigenvalue weighted by Crippen LogP contribution is 2.31. The van der Waals surface area contributed by atoms with Crippen molar-refractivity contribution in [2.75, 3.05) is 6.61 Å². The summed E-state index contributed by atoms with van der Waals surface area (Å²) in [4.78, 5) is 45.2. The fourth-order valence-electron chi connectivity index (χ4n) is 4.76. The van der Waals surface area contributed by atoms with Crippen LogP contribution in [0.5, 0.6) is 0 Å². The van der Waals surface area contributed by atoms with Crippen molar-refractivity contribution in [2.24, 2.45) is 13.0 Å². The zero-order chi connectivity index (χ0) is 29.4. The van der Waals surface area contributed by atoms with Gasteiger partial charge in [-0.15, -0.1) is 0 Å². The van der Waals surface area contributed by atoms with Gasteiger partial charge < -0.3 is 22.9 Å². The van der Waals surface area contributed by atoms with Crippen LogP contribution in [0.2, 0.25) is 0 Å². The molecule has 0 amide bonds. The summed E-state index contributed by atoms with van der Waals surface area (Å²) in [7, 11) is 1.88. The average molecular weight is 560 g/mol. The molecule has 10 heteroatoms. The van der Waals surface area contributed by atoms with Crippen LogP contribution in [-0.2, 0) is 41.0 Å². The first-order valence-corrected chi connectivity index (χ1v) is 13.5. The molecule has 3 aromatic heterocycles. The molecule has 0 aliphatic rings. The number of rotatable bonds is 14. The van der Waals surface area contributed by atoms with E-state index in [1.807, 2.05) is 41.9 Å². The topological polar surface area (TPSA) is 118 Å². The van der Waals surface area contributed by atoms with Crippen molar-refractivity contribution in [2.45, 2.75) is 59.2 Å². The van der Waals surface area contributed by atoms with Crippen LogP contribution in [0.3, 0.4) is 0 Å². The minimum absolute atomic E-state index is 0.0112. The summed E-state index contributed by atoms with van der Waals surface area (Å²) in [6, 6.07) is 11.7. The van der Waals surface area contributed by atoms with E-state index in [0.29, 0.717) is 41.9 Å². The minimum Gasteiger partial charge on any atom is -0.457 e. The molecule has 0 bridgehead atoms. The number of aryl methyl sites for hydroxylation is 2. The highest BCUT2D eigenvalue weighted by atomic mass is 16.6. The maximum atomic E-state index is 13.6. The Morgan fingerprint density at radius 1 is 1.12 bits per heavy atom. The molecule has 1 atom stereocenters. The molecule has 214 valence electrons. The Balaban J connectivity index is 1.40. The number of esters is 1. The lowest BCUT2D eigenvalue weighted by atomic mass is 9.94. The number of ketones is 1. The molecule has 0 saturated carbocycles. The van der Waals surface area contributed by atoms with Gasteiger partial charge in [0.1, 0.15) is 5.65 Å². The molecule has 0 aliphatic heterocycles. The summed E-state index contributed by atoms with van der Waals surface area (Å²) < 4.78 is 22.6. The molecule has 3 heterocycles. The number of aromatic nitrogens is 2. The zero-order valence-corrected chi connectivity index (χ0v) is 23.5. The van der Waals surface area contributed by atoms with Crippen LogP contribution in [0.25, 0.3) is 15.9 Å². The normalized spacial score (nSPS) is 11.9. The number of ether oxygens (including phenoxy) is 2. The number of unbranched alkanes of at least 4 members (excludes halogenated alkanes) is 1. The van der Waals surface area contributed by atoms with Crippen LogP contribution in [0.4, 0.5) is 5.69 Å². The smallest absolute Gasteiger partial charge is 0.457 e. The van der Waals surface area contributed by atoms with Gasteiger partial charge in [0.25, 0.3) is 0 Å². The van der Waals surface area contributed by atoms with E-state index in [4.69, 9.17) is 24.9 Å². The molecule has 0 spiro atoms. The van der Waals surface area contributed by atoms with Crippen molar-refractivity contribution in [3.05, 3.63) is 93.0 Å². The van der Waals surface area contributed by atoms with Crippen LogP contribution < -0.4 is 5.82 Å². The number of pyridine rings is 1. The molecule has 0 fully saturated rings. The monoisotopic (exact) mass is 559 g/mol. The van der Waals surface area contributed by atoms with Crippen molar-refractivity contribution in [3.8, 4) is 0 Å². The Hall–Kier alpha value is -4.49. The van der Waals surface area contributed by atoms with Crippen LogP contribution in [-0.4, -0.2) is 27.9 Å². The van der Waals surface area contributed by atoms with E-state index < -0.39 is 11.8 Å². The number of carbonyl (C=O) groups is 2. The van der Waals surface area contributed by atoms with Gasteiger partial charge in [-0.3, -0.25) is 9.59 Å². The molecule has 0 N–H and O–H groups in total. The zero-order valence-electron chi connectivity index (χ0n) is 23.5. The summed E-state index contributed by atoms with van der Waals surface area (Å²) >= 11 is 0. The third kappa shape index (κ3) is 7.58. The summed E-state index contributed by atoms with van der Waals surface area (Å²) in [5, 5.41) is 0.640. The van der Waals surface area contributed by atoms with E-state index >= 15 is 0 Å². The predicted molar refractivity (Wildman–Crippen MR) is 151 cm³/mol. The first-order chi connectivity index (χ1) is 19.8. The Morgan fingerprint density at radius 2 is 1.90 bits per heavy atom. The number of nitrogens with zero attached hydrogens (tertiary/aromatic N) is 3. The second-order valence-corrected chi connectivity index (χ2v) is 10.1. The van der Waals surface area contributed by atoms with Gasteiger partial charge in [0.05, 0.1) is 13.2 Å². The Morgan fingerprint density at radius 3 is 2.61 bits per heavy atom. The average Bonchev–Trinajstić information content (AvgIpc) is 3.43. The number of fused-ring (bicyclic) bond motifs is 1. The first-order valence-electron chi connectivity index (χ1n) is 13.5. The lowest BCUT2D eigenvalue weighted by Crippen LogP contribution is -2.14. The summed E-state index contributed by atoms with van der Waals surface area (Å²) in [6.07, 6.45) is 3.90. The maximum Gasteiger partial charge on any atom is 0.519 e. The standard InChI is InChI=1S/C31H33N3O7/c1-20(15-28(36)39-19-27-21(2)40-31(37)41-27)14-26(35)29-24-16-23(32-3)17-33-30(24)34(4)25(29)12-8-9-13-38-18-22-10-6-5-7-11-22/h5-7,10-11,16-17,20H,8-9,12-15,18-19H2,1-2,4H3/t20-/m0/s1. The third-order valence-corrected chi connectivity index (χ3v) is 6.85. The number of hydrogen-bond acceptors (Lipinski definition) is 8. The molecule has 1 aromatic carbocycles. The van der Waals surface area contributed by atoms with E-state index in [2.05, 4.69) is 9.83 Å². The van der Waals surface area contributed by atoms with E-state index in [9.17, 15) is 14.4 Å². The van der Waals surface area contributed by atoms with Crippen LogP contribution >= 0.6 is 0 Å². The van der Waals surface area contributed by atoms with Crippen molar-refractivity contribution in [1.82, 2.24) is 9.55 Å². The van der Waals surface area contributed by atoms with E-state index in [1.165, 1.54) is 6.20 Å². The number of hydrogen-bond donors (Lipinski definition) is 0. The number of carbonyl (C=O) groups excluding carboxylic acids is 2. The highest BCUT2D eigenvalue weighted by Gasteiger charge is 2.24. The van der Waals surface area contributed by atoms with Crippen LogP contribution in [0.1, 0.15) is 65.7 Å². The van der Waals surface area contributed by atoms with Crippen molar-refractivity contribution >= 4 is 28.5 Å². The first kappa shape index (κ1) is 29.5. The minimum atomic E-state index is -0.853. The third-order valence-electron chi connectivity index (χ3n) is 6.85. The number of benzene rings is 1. The van der Waals surface area contributed by atoms with Gasteiger partial charge in [0, 0.05) is 49.3 Å². The molecular weight excluding hydrogens is 526 g/mol. The molecular formula is C31H33N3O7. The highest BCUT2D eigenvalue weighted by molar-refractivity contribution is 6.09. The molecule has 0 saturated heterocycles. The van der Waals surface area contributed by atoms with Crippen molar-refractivity contribution in [1.29, 1.82) is 0 Å². The molecule has 10 nitrogen and oxygen atoms in total. The van der Waals surface area contributed by atoms with Gasteiger partial charge in [-0.25, -0.2) is 14.6 Å². The fraction of sp³-hybridized carbons (Fsp3) is 0.387. The van der Waals surface area contributed by atoms with E-state index in [0.717, 1.165) is 24.1 Å². The van der Waals surface area contributed by atoms with E-state index in [-0.39, 0.29) is 42.7 Å². The lowest BCUT2D eigenvalue weighted by Gasteiger charge is -2.12. The number of Topliss-reactive ketones (excluding diaryl/α,β-unsaturated/α-hetero) is 1. The van der Waals surface area contributed by atoms with Crippen molar-refractivity contribution < 1.29 is 27.9 Å². The quantitative estimate of drug-likeness (QED) is 0.0816. The summed E-state index contributed by atoms with van der Waals surface area (Å²) in [6.45, 7) is 11.7. The summed E-state index contributed by atoms with van der Waals surface area (Å²) in [5.41, 5.74) is 3.51. The van der Waals surface area contributed by atoms with Crippen LogP contribution in [0, 0.1) is 19.4 Å². The predicted octanol–water partition coefficient (Wildman–Crippen LogP) is 5.86. The summed E-state index contributed by atoms with van der Waals surface area (Å²) in [5.74, 6) is -1.38. The maximum absolute atomic E-state index is 13.6. The molecule has 4 aromatic rings.